The van der Waals surface area contributed by atoms with Crippen molar-refractivity contribution in [2.45, 2.75) is 72.3 Å². The van der Waals surface area contributed by atoms with Crippen LogP contribution in [0.25, 0.3) is 0 Å². The highest BCUT2D eigenvalue weighted by atomic mass is 16.5. The summed E-state index contributed by atoms with van der Waals surface area (Å²) in [4.78, 5) is 52.3. The van der Waals surface area contributed by atoms with Gasteiger partial charge in [-0.2, -0.15) is 0 Å². The highest BCUT2D eigenvalue weighted by Crippen LogP contribution is 2.80. The zero-order valence-corrected chi connectivity index (χ0v) is 24.2. The fourth-order valence-electron chi connectivity index (χ4n) is 10.3. The second-order valence-corrected chi connectivity index (χ2v) is 13.0. The van der Waals surface area contributed by atoms with Crippen LogP contribution >= 0.6 is 0 Å². The maximum Gasteiger partial charge on any atom is 0.310 e. The molecule has 0 saturated heterocycles. The second-order valence-electron chi connectivity index (χ2n) is 13.0. The van der Waals surface area contributed by atoms with Gasteiger partial charge in [0, 0.05) is 17.8 Å². The molecule has 0 amide bonds. The molecule has 214 valence electrons. The van der Waals surface area contributed by atoms with Crippen molar-refractivity contribution in [2.24, 2.45) is 51.2 Å². The first-order chi connectivity index (χ1) is 18.4. The van der Waals surface area contributed by atoms with E-state index in [1.807, 2.05) is 6.92 Å². The van der Waals surface area contributed by atoms with E-state index >= 15 is 0 Å². The molecule has 8 nitrogen and oxygen atoms in total. The second kappa shape index (κ2) is 9.20. The van der Waals surface area contributed by atoms with Gasteiger partial charge in [0.15, 0.2) is 0 Å². The van der Waals surface area contributed by atoms with E-state index < -0.39 is 40.0 Å². The number of esters is 4. The van der Waals surface area contributed by atoms with Crippen molar-refractivity contribution < 1.29 is 38.1 Å². The van der Waals surface area contributed by atoms with Crippen LogP contribution in [0, 0.1) is 51.2 Å². The first-order valence-corrected chi connectivity index (χ1v) is 14.2. The van der Waals surface area contributed by atoms with Crippen LogP contribution < -0.4 is 0 Å². The largest absolute Gasteiger partial charge is 0.469 e. The monoisotopic (exact) mass is 542 g/mol. The number of methoxy groups -OCH3 is 3. The molecular weight excluding hydrogens is 500 g/mol. The van der Waals surface area contributed by atoms with Crippen LogP contribution in [0.1, 0.15) is 66.2 Å². The molecule has 3 saturated carbocycles. The minimum Gasteiger partial charge on any atom is -0.469 e. The number of rotatable bonds is 5. The Morgan fingerprint density at radius 3 is 2.21 bits per heavy atom. The molecule has 3 fully saturated rings. The molecule has 6 aliphatic carbocycles. The first-order valence-electron chi connectivity index (χ1n) is 14.2. The normalized spacial score (nSPS) is 44.2. The van der Waals surface area contributed by atoms with Crippen molar-refractivity contribution in [3.63, 3.8) is 0 Å². The lowest BCUT2D eigenvalue weighted by atomic mass is 9.30. The fraction of sp³-hybridized carbons (Fsp3) is 0.742. The summed E-state index contributed by atoms with van der Waals surface area (Å²) in [5.74, 6) is -3.20. The summed E-state index contributed by atoms with van der Waals surface area (Å²) in [6.07, 6.45) is 10.6. The van der Waals surface area contributed by atoms with E-state index in [1.54, 1.807) is 0 Å². The Bertz CT molecular complexity index is 1160. The van der Waals surface area contributed by atoms with Crippen molar-refractivity contribution in [3.05, 3.63) is 23.8 Å². The van der Waals surface area contributed by atoms with E-state index in [0.29, 0.717) is 12.8 Å². The Kier molecular flexibility index (Phi) is 6.58. The van der Waals surface area contributed by atoms with Gasteiger partial charge in [0.2, 0.25) is 0 Å². The van der Waals surface area contributed by atoms with Crippen molar-refractivity contribution in [3.8, 4) is 0 Å². The molecule has 6 rings (SSSR count). The van der Waals surface area contributed by atoms with E-state index in [-0.39, 0.29) is 41.2 Å². The molecule has 8 heteroatoms. The average molecular weight is 543 g/mol. The molecule has 0 heterocycles. The third-order valence-corrected chi connectivity index (χ3v) is 11.8. The van der Waals surface area contributed by atoms with Gasteiger partial charge >= 0.3 is 23.9 Å². The van der Waals surface area contributed by atoms with Crippen LogP contribution in [0.3, 0.4) is 0 Å². The van der Waals surface area contributed by atoms with Crippen LogP contribution in [-0.2, 0) is 38.1 Å². The number of ether oxygens (including phenoxy) is 4. The highest BCUT2D eigenvalue weighted by molar-refractivity contribution is 5.87. The molecule has 0 N–H and O–H groups in total. The zero-order chi connectivity index (χ0) is 28.5. The molecule has 10 atom stereocenters. The Labute approximate surface area is 230 Å². The van der Waals surface area contributed by atoms with Gasteiger partial charge in [0.25, 0.3) is 0 Å². The standard InChI is InChI=1S/C31H42O8/c1-17(25(33)36-5)20-8-9-21-28(20,3)12-11-22-29(4)13-10-19(39-18(2)32)16-30(29)14-15-31(21,22)24(27(35)38-7)23(30)26(34)37-6/h11,14-15,17,19-21,23-24H,8-10,12-13,16H2,1-7H3/t17?,19-,20+,21+,23?,24?,28+,29+,30-,31-/m0/s1. The quantitative estimate of drug-likeness (QED) is 0.286. The highest BCUT2D eigenvalue weighted by Gasteiger charge is 2.78. The number of allylic oxidation sites excluding steroid dienone is 4. The lowest BCUT2D eigenvalue weighted by molar-refractivity contribution is -0.201. The van der Waals surface area contributed by atoms with Crippen LogP contribution in [0.2, 0.25) is 0 Å². The van der Waals surface area contributed by atoms with E-state index in [1.165, 1.54) is 33.8 Å². The molecule has 2 bridgehead atoms. The number of hydrogen-bond donors (Lipinski definition) is 0. The van der Waals surface area contributed by atoms with Crippen LogP contribution in [0.5, 0.6) is 0 Å². The lowest BCUT2D eigenvalue weighted by Gasteiger charge is -2.72. The van der Waals surface area contributed by atoms with E-state index in [4.69, 9.17) is 18.9 Å². The zero-order valence-electron chi connectivity index (χ0n) is 24.2. The Morgan fingerprint density at radius 2 is 1.59 bits per heavy atom. The Morgan fingerprint density at radius 1 is 0.923 bits per heavy atom. The van der Waals surface area contributed by atoms with Crippen LogP contribution in [0.4, 0.5) is 0 Å². The minimum absolute atomic E-state index is 0.0240. The molecule has 2 spiro atoms. The van der Waals surface area contributed by atoms with Crippen molar-refractivity contribution in [1.29, 1.82) is 0 Å². The van der Waals surface area contributed by atoms with E-state index in [2.05, 4.69) is 32.1 Å². The Hall–Kier alpha value is -2.64. The molecule has 0 aliphatic heterocycles. The van der Waals surface area contributed by atoms with Crippen molar-refractivity contribution >= 4 is 23.9 Å². The average Bonchev–Trinajstić information content (AvgIpc) is 3.27. The maximum atomic E-state index is 13.9. The predicted molar refractivity (Wildman–Crippen MR) is 141 cm³/mol. The summed E-state index contributed by atoms with van der Waals surface area (Å²) >= 11 is 0. The Balaban J connectivity index is 1.74. The smallest absolute Gasteiger partial charge is 0.310 e. The number of carbonyl (C=O) groups excluding carboxylic acids is 4. The summed E-state index contributed by atoms with van der Waals surface area (Å²) < 4.78 is 21.7. The molecule has 6 aliphatic rings. The van der Waals surface area contributed by atoms with Gasteiger partial charge in [-0.1, -0.05) is 44.6 Å². The first kappa shape index (κ1) is 27.9. The van der Waals surface area contributed by atoms with Gasteiger partial charge < -0.3 is 18.9 Å². The fourth-order valence-corrected chi connectivity index (χ4v) is 10.3. The maximum absolute atomic E-state index is 13.9. The molecule has 0 radical (unpaired) electrons. The van der Waals surface area contributed by atoms with Gasteiger partial charge in [-0.15, -0.1) is 0 Å². The van der Waals surface area contributed by atoms with Crippen LogP contribution in [0.15, 0.2) is 23.8 Å². The third kappa shape index (κ3) is 3.41. The van der Waals surface area contributed by atoms with Crippen LogP contribution in [-0.4, -0.2) is 51.3 Å². The summed E-state index contributed by atoms with van der Waals surface area (Å²) in [6, 6.07) is 0. The van der Waals surface area contributed by atoms with Gasteiger partial charge in [0.1, 0.15) is 6.10 Å². The summed E-state index contributed by atoms with van der Waals surface area (Å²) in [5, 5.41) is 0. The lowest BCUT2D eigenvalue weighted by Crippen LogP contribution is -2.71. The minimum atomic E-state index is -0.792. The van der Waals surface area contributed by atoms with Crippen molar-refractivity contribution in [2.75, 3.05) is 21.3 Å². The van der Waals surface area contributed by atoms with E-state index in [9.17, 15) is 19.2 Å². The number of carbonyl (C=O) groups is 4. The molecule has 0 aromatic heterocycles. The van der Waals surface area contributed by atoms with Gasteiger partial charge in [-0.05, 0) is 61.2 Å². The SMILES string of the molecule is COC(=O)C(C)[C@H]1CC[C@@H]2[C@]1(C)CC=C1[C@]23C=C[C@]2(C[C@@H](OC(C)=O)CC[C@]12C)C(C(=O)OC)C3C(=O)OC. The summed E-state index contributed by atoms with van der Waals surface area (Å²) in [7, 11) is 4.17. The third-order valence-electron chi connectivity index (χ3n) is 11.8. The molecule has 39 heavy (non-hydrogen) atoms. The molecule has 0 aromatic carbocycles. The molecule has 0 aromatic rings. The predicted octanol–water partition coefficient (Wildman–Crippen LogP) is 4.41. The van der Waals surface area contributed by atoms with Gasteiger partial charge in [-0.3, -0.25) is 19.2 Å². The summed E-state index contributed by atoms with van der Waals surface area (Å²) in [6.45, 7) is 7.80. The molecule has 3 unspecified atom stereocenters. The van der Waals surface area contributed by atoms with Gasteiger partial charge in [-0.25, -0.2) is 0 Å². The number of hydrogen-bond acceptors (Lipinski definition) is 8. The topological polar surface area (TPSA) is 105 Å². The number of fused-ring (bicyclic) bond motifs is 2. The molecular formula is C31H42O8. The van der Waals surface area contributed by atoms with Gasteiger partial charge in [0.05, 0.1) is 39.1 Å². The van der Waals surface area contributed by atoms with Crippen molar-refractivity contribution in [1.82, 2.24) is 0 Å². The van der Waals surface area contributed by atoms with E-state index in [0.717, 1.165) is 25.7 Å². The summed E-state index contributed by atoms with van der Waals surface area (Å²) in [5.41, 5.74) is -1.03.